The lowest BCUT2D eigenvalue weighted by Gasteiger charge is -2.08. The zero-order valence-corrected chi connectivity index (χ0v) is 11.8. The quantitative estimate of drug-likeness (QED) is 0.748. The predicted molar refractivity (Wildman–Crippen MR) is 83.0 cm³/mol. The Morgan fingerprint density at radius 1 is 1.10 bits per heavy atom. The van der Waals surface area contributed by atoms with Crippen LogP contribution in [0.25, 0.3) is 5.69 Å². The minimum absolute atomic E-state index is 0.219. The number of aromatic nitrogens is 2. The van der Waals surface area contributed by atoms with Crippen LogP contribution in [0.5, 0.6) is 0 Å². The van der Waals surface area contributed by atoms with E-state index in [0.717, 1.165) is 11.4 Å². The van der Waals surface area contributed by atoms with Gasteiger partial charge in [0.1, 0.15) is 5.15 Å². The number of benzene rings is 1. The molecular weight excluding hydrogens is 286 g/mol. The standard InChI is InChI=1S/C16H12ClN3O/c17-15-10-12(6-7-18-15)16(21)19-13-4-3-5-14(11-13)20-8-1-2-9-20/h1-11H,(H,19,21). The van der Waals surface area contributed by atoms with E-state index in [2.05, 4.69) is 10.3 Å². The number of nitrogens with one attached hydrogen (secondary N) is 1. The Bertz CT molecular complexity index is 769. The van der Waals surface area contributed by atoms with Crippen LogP contribution in [0.1, 0.15) is 10.4 Å². The number of carbonyl (C=O) groups excluding carboxylic acids is 1. The normalized spacial score (nSPS) is 10.3. The minimum atomic E-state index is -0.219. The maximum absolute atomic E-state index is 12.2. The molecule has 0 fully saturated rings. The number of carbonyl (C=O) groups is 1. The van der Waals surface area contributed by atoms with Crippen LogP contribution in [0.15, 0.2) is 67.1 Å². The SMILES string of the molecule is O=C(Nc1cccc(-n2cccc2)c1)c1ccnc(Cl)c1. The molecule has 0 atom stereocenters. The van der Waals surface area contributed by atoms with Gasteiger partial charge < -0.3 is 9.88 Å². The van der Waals surface area contributed by atoms with Crippen LogP contribution in [0.2, 0.25) is 5.15 Å². The van der Waals surface area contributed by atoms with E-state index in [1.54, 1.807) is 6.07 Å². The average molecular weight is 298 g/mol. The third-order valence-electron chi connectivity index (χ3n) is 3.00. The van der Waals surface area contributed by atoms with Crippen LogP contribution in [0, 0.1) is 0 Å². The molecule has 1 amide bonds. The number of nitrogens with zero attached hydrogens (tertiary/aromatic N) is 2. The van der Waals surface area contributed by atoms with Gasteiger partial charge in [-0.25, -0.2) is 4.98 Å². The largest absolute Gasteiger partial charge is 0.324 e. The van der Waals surface area contributed by atoms with Gasteiger partial charge in [0.2, 0.25) is 0 Å². The Balaban J connectivity index is 1.82. The number of rotatable bonds is 3. The van der Waals surface area contributed by atoms with E-state index in [0.29, 0.717) is 10.7 Å². The smallest absolute Gasteiger partial charge is 0.255 e. The summed E-state index contributed by atoms with van der Waals surface area (Å²) in [5, 5.41) is 3.14. The van der Waals surface area contributed by atoms with Gasteiger partial charge in [-0.2, -0.15) is 0 Å². The van der Waals surface area contributed by atoms with Gasteiger partial charge in [-0.05, 0) is 42.5 Å². The second-order valence-electron chi connectivity index (χ2n) is 4.46. The van der Waals surface area contributed by atoms with Crippen molar-refractivity contribution >= 4 is 23.2 Å². The fraction of sp³-hybridized carbons (Fsp3) is 0. The van der Waals surface area contributed by atoms with E-state index in [-0.39, 0.29) is 5.91 Å². The van der Waals surface area contributed by atoms with Crippen molar-refractivity contribution < 1.29 is 4.79 Å². The first-order chi connectivity index (χ1) is 10.2. The number of amides is 1. The second kappa shape index (κ2) is 5.81. The van der Waals surface area contributed by atoms with Crippen molar-refractivity contribution in [2.24, 2.45) is 0 Å². The summed E-state index contributed by atoms with van der Waals surface area (Å²) in [7, 11) is 0. The van der Waals surface area contributed by atoms with Crippen molar-refractivity contribution in [2.75, 3.05) is 5.32 Å². The summed E-state index contributed by atoms with van der Waals surface area (Å²) in [6.07, 6.45) is 5.40. The highest BCUT2D eigenvalue weighted by atomic mass is 35.5. The summed E-state index contributed by atoms with van der Waals surface area (Å²) >= 11 is 5.79. The summed E-state index contributed by atoms with van der Waals surface area (Å²) in [5.41, 5.74) is 2.17. The molecular formula is C16H12ClN3O. The van der Waals surface area contributed by atoms with Crippen LogP contribution >= 0.6 is 11.6 Å². The van der Waals surface area contributed by atoms with E-state index in [9.17, 15) is 4.79 Å². The van der Waals surface area contributed by atoms with Gasteiger partial charge >= 0.3 is 0 Å². The molecule has 0 radical (unpaired) electrons. The Kier molecular flexibility index (Phi) is 3.71. The third-order valence-corrected chi connectivity index (χ3v) is 3.20. The highest BCUT2D eigenvalue weighted by Gasteiger charge is 2.07. The van der Waals surface area contributed by atoms with Gasteiger partial charge in [0.05, 0.1) is 0 Å². The summed E-state index contributed by atoms with van der Waals surface area (Å²) in [4.78, 5) is 16.0. The Morgan fingerprint density at radius 2 is 1.90 bits per heavy atom. The Hall–Kier alpha value is -2.59. The maximum atomic E-state index is 12.2. The molecule has 2 aromatic heterocycles. The van der Waals surface area contributed by atoms with Gasteiger partial charge in [0.25, 0.3) is 5.91 Å². The molecule has 0 saturated carbocycles. The first-order valence-electron chi connectivity index (χ1n) is 6.39. The van der Waals surface area contributed by atoms with Crippen LogP contribution in [0.3, 0.4) is 0 Å². The molecule has 104 valence electrons. The van der Waals surface area contributed by atoms with E-state index in [4.69, 9.17) is 11.6 Å². The molecule has 3 aromatic rings. The molecule has 5 heteroatoms. The third kappa shape index (κ3) is 3.12. The van der Waals surface area contributed by atoms with Crippen molar-refractivity contribution in [3.05, 3.63) is 77.8 Å². The van der Waals surface area contributed by atoms with Crippen LogP contribution < -0.4 is 5.32 Å². The van der Waals surface area contributed by atoms with E-state index in [1.807, 2.05) is 53.4 Å². The van der Waals surface area contributed by atoms with Crippen molar-refractivity contribution in [1.29, 1.82) is 0 Å². The van der Waals surface area contributed by atoms with Gasteiger partial charge in [-0.15, -0.1) is 0 Å². The van der Waals surface area contributed by atoms with Gasteiger partial charge in [-0.3, -0.25) is 4.79 Å². The van der Waals surface area contributed by atoms with E-state index in [1.165, 1.54) is 12.3 Å². The molecule has 0 bridgehead atoms. The van der Waals surface area contributed by atoms with Crippen molar-refractivity contribution in [2.45, 2.75) is 0 Å². The molecule has 0 aliphatic carbocycles. The summed E-state index contributed by atoms with van der Waals surface area (Å²) in [6.45, 7) is 0. The lowest BCUT2D eigenvalue weighted by Crippen LogP contribution is -2.12. The van der Waals surface area contributed by atoms with Crippen molar-refractivity contribution in [3.63, 3.8) is 0 Å². The number of hydrogen-bond acceptors (Lipinski definition) is 2. The number of hydrogen-bond donors (Lipinski definition) is 1. The summed E-state index contributed by atoms with van der Waals surface area (Å²) in [6, 6.07) is 14.7. The van der Waals surface area contributed by atoms with Crippen LogP contribution in [-0.2, 0) is 0 Å². The molecule has 0 unspecified atom stereocenters. The van der Waals surface area contributed by atoms with E-state index >= 15 is 0 Å². The minimum Gasteiger partial charge on any atom is -0.324 e. The van der Waals surface area contributed by atoms with Gasteiger partial charge in [0, 0.05) is 35.5 Å². The van der Waals surface area contributed by atoms with Crippen LogP contribution in [0.4, 0.5) is 5.69 Å². The number of pyridine rings is 1. The molecule has 2 heterocycles. The number of anilines is 1. The van der Waals surface area contributed by atoms with E-state index < -0.39 is 0 Å². The van der Waals surface area contributed by atoms with Gasteiger partial charge in [-0.1, -0.05) is 17.7 Å². The summed E-state index contributed by atoms with van der Waals surface area (Å²) in [5.74, 6) is -0.219. The highest BCUT2D eigenvalue weighted by Crippen LogP contribution is 2.16. The first-order valence-corrected chi connectivity index (χ1v) is 6.76. The lowest BCUT2D eigenvalue weighted by molar-refractivity contribution is 0.102. The summed E-state index contributed by atoms with van der Waals surface area (Å²) < 4.78 is 1.97. The topological polar surface area (TPSA) is 46.9 Å². The monoisotopic (exact) mass is 297 g/mol. The molecule has 4 nitrogen and oxygen atoms in total. The Morgan fingerprint density at radius 3 is 2.67 bits per heavy atom. The molecule has 0 spiro atoms. The lowest BCUT2D eigenvalue weighted by atomic mass is 10.2. The highest BCUT2D eigenvalue weighted by molar-refractivity contribution is 6.29. The number of halogens is 1. The molecule has 1 aromatic carbocycles. The van der Waals surface area contributed by atoms with Crippen molar-refractivity contribution in [1.82, 2.24) is 9.55 Å². The predicted octanol–water partition coefficient (Wildman–Crippen LogP) is 3.78. The molecule has 0 saturated heterocycles. The van der Waals surface area contributed by atoms with Crippen molar-refractivity contribution in [3.8, 4) is 5.69 Å². The molecule has 21 heavy (non-hydrogen) atoms. The molecule has 0 aliphatic rings. The molecule has 3 rings (SSSR count). The zero-order chi connectivity index (χ0) is 14.7. The maximum Gasteiger partial charge on any atom is 0.255 e. The molecule has 1 N–H and O–H groups in total. The zero-order valence-electron chi connectivity index (χ0n) is 11.0. The molecule has 0 aliphatic heterocycles. The van der Waals surface area contributed by atoms with Gasteiger partial charge in [0.15, 0.2) is 0 Å². The fourth-order valence-electron chi connectivity index (χ4n) is 2.00. The Labute approximate surface area is 127 Å². The first kappa shape index (κ1) is 13.4. The average Bonchev–Trinajstić information content (AvgIpc) is 3.02. The fourth-order valence-corrected chi connectivity index (χ4v) is 2.17. The second-order valence-corrected chi connectivity index (χ2v) is 4.85. The van der Waals surface area contributed by atoms with Crippen LogP contribution in [-0.4, -0.2) is 15.5 Å².